The van der Waals surface area contributed by atoms with Gasteiger partial charge in [-0.1, -0.05) is 30.3 Å². The number of carbonyl (C=O) groups excluding carboxylic acids is 1. The highest BCUT2D eigenvalue weighted by atomic mass is 16.5. The van der Waals surface area contributed by atoms with Crippen molar-refractivity contribution < 1.29 is 9.53 Å². The van der Waals surface area contributed by atoms with Crippen LogP contribution in [0.3, 0.4) is 0 Å². The number of ether oxygens (including phenoxy) is 1. The number of aryl methyl sites for hydroxylation is 1. The van der Waals surface area contributed by atoms with Gasteiger partial charge in [-0.2, -0.15) is 0 Å². The number of carbonyl (C=O) groups is 1. The van der Waals surface area contributed by atoms with E-state index in [0.29, 0.717) is 31.4 Å². The van der Waals surface area contributed by atoms with Crippen LogP contribution in [0.1, 0.15) is 21.6 Å². The molecule has 28 heavy (non-hydrogen) atoms. The number of nitrogens with zero attached hydrogens (tertiary/aromatic N) is 3. The molecule has 1 fully saturated rings. The molecule has 0 atom stereocenters. The summed E-state index contributed by atoms with van der Waals surface area (Å²) in [5.41, 5.74) is 4.24. The van der Waals surface area contributed by atoms with Crippen molar-refractivity contribution >= 4 is 11.9 Å². The van der Waals surface area contributed by atoms with E-state index in [1.807, 2.05) is 55.7 Å². The zero-order valence-electron chi connectivity index (χ0n) is 15.8. The highest BCUT2D eigenvalue weighted by molar-refractivity contribution is 5.93. The van der Waals surface area contributed by atoms with Crippen molar-refractivity contribution in [1.29, 1.82) is 0 Å². The molecule has 1 aliphatic rings. The molecule has 1 saturated heterocycles. The number of aromatic nitrogens is 3. The second-order valence-corrected chi connectivity index (χ2v) is 6.77. The molecule has 3 aromatic rings. The number of amides is 1. The molecule has 4 rings (SSSR count). The first kappa shape index (κ1) is 18.2. The van der Waals surface area contributed by atoms with Gasteiger partial charge >= 0.3 is 0 Å². The number of hydrogen-bond acceptors (Lipinski definition) is 5. The molecular formula is C21H23N5O2. The molecule has 0 unspecified atom stereocenters. The van der Waals surface area contributed by atoms with Crippen LogP contribution in [-0.2, 0) is 11.3 Å². The van der Waals surface area contributed by atoms with Gasteiger partial charge in [0, 0.05) is 37.6 Å². The van der Waals surface area contributed by atoms with Crippen LogP contribution in [0.15, 0.2) is 48.8 Å². The summed E-state index contributed by atoms with van der Waals surface area (Å²) in [7, 11) is 0. The predicted molar refractivity (Wildman–Crippen MR) is 107 cm³/mol. The maximum atomic E-state index is 12.5. The number of H-pyrrole nitrogens is 1. The summed E-state index contributed by atoms with van der Waals surface area (Å²) < 4.78 is 5.40. The van der Waals surface area contributed by atoms with Gasteiger partial charge in [-0.05, 0) is 24.1 Å². The molecule has 7 nitrogen and oxygen atoms in total. The molecule has 0 saturated carbocycles. The molecule has 1 amide bonds. The maximum absolute atomic E-state index is 12.5. The molecule has 3 heterocycles. The second-order valence-electron chi connectivity index (χ2n) is 6.77. The van der Waals surface area contributed by atoms with E-state index in [4.69, 9.17) is 9.72 Å². The molecule has 2 N–H and O–H groups in total. The second kappa shape index (κ2) is 8.22. The lowest BCUT2D eigenvalue weighted by atomic mass is 10.1. The average Bonchev–Trinajstić information content (AvgIpc) is 3.24. The van der Waals surface area contributed by atoms with E-state index in [-0.39, 0.29) is 5.91 Å². The molecule has 144 valence electrons. The minimum absolute atomic E-state index is 0.143. The van der Waals surface area contributed by atoms with Crippen molar-refractivity contribution in [3.8, 4) is 11.3 Å². The van der Waals surface area contributed by atoms with Gasteiger partial charge in [0.05, 0.1) is 18.9 Å². The molecule has 1 aromatic carbocycles. The number of aromatic amines is 1. The van der Waals surface area contributed by atoms with Crippen molar-refractivity contribution in [2.45, 2.75) is 13.5 Å². The smallest absolute Gasteiger partial charge is 0.267 e. The minimum atomic E-state index is -0.143. The van der Waals surface area contributed by atoms with Gasteiger partial charge in [0.2, 0.25) is 5.95 Å². The fourth-order valence-corrected chi connectivity index (χ4v) is 3.18. The lowest BCUT2D eigenvalue weighted by molar-refractivity contribution is 0.0946. The van der Waals surface area contributed by atoms with Crippen LogP contribution in [0.5, 0.6) is 0 Å². The molecule has 0 aliphatic carbocycles. The summed E-state index contributed by atoms with van der Waals surface area (Å²) in [6.07, 6.45) is 3.64. The summed E-state index contributed by atoms with van der Waals surface area (Å²) in [5.74, 6) is 0.551. The van der Waals surface area contributed by atoms with E-state index >= 15 is 0 Å². The van der Waals surface area contributed by atoms with Crippen LogP contribution in [0.4, 0.5) is 5.95 Å². The number of rotatable bonds is 5. The minimum Gasteiger partial charge on any atom is -0.378 e. The largest absolute Gasteiger partial charge is 0.378 e. The van der Waals surface area contributed by atoms with Crippen LogP contribution in [-0.4, -0.2) is 47.2 Å². The van der Waals surface area contributed by atoms with Crippen molar-refractivity contribution in [3.63, 3.8) is 0 Å². The van der Waals surface area contributed by atoms with Gasteiger partial charge in [-0.25, -0.2) is 9.97 Å². The third-order valence-corrected chi connectivity index (χ3v) is 4.75. The van der Waals surface area contributed by atoms with Gasteiger partial charge in [0.1, 0.15) is 5.69 Å². The summed E-state index contributed by atoms with van der Waals surface area (Å²) in [6, 6.07) is 11.7. The third kappa shape index (κ3) is 4.04. The summed E-state index contributed by atoms with van der Waals surface area (Å²) >= 11 is 0. The first-order chi connectivity index (χ1) is 13.7. The van der Waals surface area contributed by atoms with E-state index in [0.717, 1.165) is 35.5 Å². The topological polar surface area (TPSA) is 83.1 Å². The van der Waals surface area contributed by atoms with Gasteiger partial charge < -0.3 is 19.9 Å². The highest BCUT2D eigenvalue weighted by Crippen LogP contribution is 2.24. The van der Waals surface area contributed by atoms with Crippen molar-refractivity contribution in [2.75, 3.05) is 31.2 Å². The Morgan fingerprint density at radius 1 is 1.25 bits per heavy atom. The summed E-state index contributed by atoms with van der Waals surface area (Å²) in [4.78, 5) is 26.8. The van der Waals surface area contributed by atoms with Crippen molar-refractivity contribution in [2.24, 2.45) is 0 Å². The van der Waals surface area contributed by atoms with Crippen LogP contribution >= 0.6 is 0 Å². The Balaban J connectivity index is 1.49. The molecule has 7 heteroatoms. The molecule has 0 radical (unpaired) electrons. The lowest BCUT2D eigenvalue weighted by Gasteiger charge is -2.27. The summed E-state index contributed by atoms with van der Waals surface area (Å²) in [5, 5.41) is 2.93. The van der Waals surface area contributed by atoms with E-state index in [1.54, 1.807) is 0 Å². The Morgan fingerprint density at radius 2 is 2.04 bits per heavy atom. The number of morpholine rings is 1. The van der Waals surface area contributed by atoms with Gasteiger partial charge in [0.15, 0.2) is 0 Å². The maximum Gasteiger partial charge on any atom is 0.267 e. The standard InChI is InChI=1S/C21H23N5O2/c1-15-12-24-21(26-7-9-28-10-8-26)25-19(15)17-11-18(22-14-17)20(27)23-13-16-5-3-2-4-6-16/h2-6,11-12,14,22H,7-10,13H2,1H3,(H,23,27). The SMILES string of the molecule is Cc1cnc(N2CCOCC2)nc1-c1c[nH]c(C(=O)NCc2ccccc2)c1. The molecule has 0 bridgehead atoms. The first-order valence-corrected chi connectivity index (χ1v) is 9.38. The highest BCUT2D eigenvalue weighted by Gasteiger charge is 2.17. The van der Waals surface area contributed by atoms with E-state index in [1.165, 1.54) is 0 Å². The fourth-order valence-electron chi connectivity index (χ4n) is 3.18. The Morgan fingerprint density at radius 3 is 2.82 bits per heavy atom. The number of anilines is 1. The van der Waals surface area contributed by atoms with E-state index < -0.39 is 0 Å². The van der Waals surface area contributed by atoms with E-state index in [9.17, 15) is 4.79 Å². The molecule has 1 aliphatic heterocycles. The van der Waals surface area contributed by atoms with Crippen LogP contribution in [0.2, 0.25) is 0 Å². The lowest BCUT2D eigenvalue weighted by Crippen LogP contribution is -2.37. The Labute approximate surface area is 163 Å². The zero-order chi connectivity index (χ0) is 19.3. The third-order valence-electron chi connectivity index (χ3n) is 4.75. The van der Waals surface area contributed by atoms with E-state index in [2.05, 4.69) is 20.2 Å². The predicted octanol–water partition coefficient (Wildman–Crippen LogP) is 2.55. The van der Waals surface area contributed by atoms with Gasteiger partial charge in [0.25, 0.3) is 5.91 Å². The number of benzene rings is 1. The molecule has 2 aromatic heterocycles. The Hall–Kier alpha value is -3.19. The Kier molecular flexibility index (Phi) is 5.34. The fraction of sp³-hybridized carbons (Fsp3) is 0.286. The number of nitrogens with one attached hydrogen (secondary N) is 2. The molecule has 0 spiro atoms. The number of hydrogen-bond donors (Lipinski definition) is 2. The Bertz CT molecular complexity index is 948. The van der Waals surface area contributed by atoms with Crippen molar-refractivity contribution in [3.05, 3.63) is 65.6 Å². The molecular weight excluding hydrogens is 354 g/mol. The normalized spacial score (nSPS) is 14.1. The summed E-state index contributed by atoms with van der Waals surface area (Å²) in [6.45, 7) is 5.39. The van der Waals surface area contributed by atoms with Crippen molar-refractivity contribution in [1.82, 2.24) is 20.3 Å². The van der Waals surface area contributed by atoms with Crippen LogP contribution in [0.25, 0.3) is 11.3 Å². The average molecular weight is 377 g/mol. The van der Waals surface area contributed by atoms with Crippen LogP contribution in [0, 0.1) is 6.92 Å². The first-order valence-electron chi connectivity index (χ1n) is 9.38. The zero-order valence-corrected chi connectivity index (χ0v) is 15.8. The van der Waals surface area contributed by atoms with Gasteiger partial charge in [-0.15, -0.1) is 0 Å². The van der Waals surface area contributed by atoms with Crippen LogP contribution < -0.4 is 10.2 Å². The monoisotopic (exact) mass is 377 g/mol. The van der Waals surface area contributed by atoms with Gasteiger partial charge in [-0.3, -0.25) is 4.79 Å². The quantitative estimate of drug-likeness (QED) is 0.714.